The van der Waals surface area contributed by atoms with Crippen LogP contribution in [-0.2, 0) is 23.7 Å². The number of carboxylic acid groups (broad SMARTS) is 1. The van der Waals surface area contributed by atoms with Crippen molar-refractivity contribution in [3.05, 3.63) is 99.2 Å². The zero-order valence-electron chi connectivity index (χ0n) is 24.1. The molecule has 0 aliphatic heterocycles. The molecule has 1 amide bonds. The molecule has 4 aromatic rings. The Morgan fingerprint density at radius 3 is 2.30 bits per heavy atom. The number of hydrogen-bond donors (Lipinski definition) is 2. The van der Waals surface area contributed by atoms with Crippen molar-refractivity contribution >= 4 is 34.4 Å². The summed E-state index contributed by atoms with van der Waals surface area (Å²) in [5.41, 5.74) is 7.19. The predicted molar refractivity (Wildman–Crippen MR) is 161 cm³/mol. The number of ether oxygens (including phenoxy) is 1. The summed E-state index contributed by atoms with van der Waals surface area (Å²) in [6.07, 6.45) is -0.364. The maximum atomic E-state index is 13.2. The van der Waals surface area contributed by atoms with Gasteiger partial charge in [-0.15, -0.1) is 0 Å². The van der Waals surface area contributed by atoms with Gasteiger partial charge in [0, 0.05) is 29.2 Å². The topological polar surface area (TPSA) is 80.6 Å². The van der Waals surface area contributed by atoms with Crippen LogP contribution in [0.4, 0.5) is 0 Å². The van der Waals surface area contributed by atoms with Crippen molar-refractivity contribution in [3.63, 3.8) is 0 Å². The number of nitrogens with one attached hydrogen (secondary N) is 1. The number of aryl methyl sites for hydroxylation is 1. The summed E-state index contributed by atoms with van der Waals surface area (Å²) in [4.78, 5) is 24.3. The Hall–Kier alpha value is -3.77. The van der Waals surface area contributed by atoms with Crippen LogP contribution in [0.2, 0.25) is 5.02 Å². The smallest absolute Gasteiger partial charge is 0.344 e. The molecular weight excluding hydrogens is 524 g/mol. The van der Waals surface area contributed by atoms with Crippen molar-refractivity contribution in [1.82, 2.24) is 9.88 Å². The van der Waals surface area contributed by atoms with Gasteiger partial charge in [0.15, 0.2) is 6.10 Å². The first-order chi connectivity index (χ1) is 18.8. The highest BCUT2D eigenvalue weighted by Crippen LogP contribution is 2.32. The average Bonchev–Trinajstić information content (AvgIpc) is 3.13. The Labute approximate surface area is 240 Å². The van der Waals surface area contributed by atoms with Crippen LogP contribution >= 0.6 is 11.6 Å². The number of carboxylic acids is 1. The minimum atomic E-state index is -1.05. The molecular formula is C33H37ClN2O4. The first kappa shape index (κ1) is 29.2. The summed E-state index contributed by atoms with van der Waals surface area (Å²) in [7, 11) is 2.00. The zero-order chi connectivity index (χ0) is 29.4. The number of halogens is 1. The Kier molecular flexibility index (Phi) is 8.31. The Morgan fingerprint density at radius 2 is 1.70 bits per heavy atom. The lowest BCUT2D eigenvalue weighted by Gasteiger charge is -2.20. The molecule has 0 spiro atoms. The highest BCUT2D eigenvalue weighted by molar-refractivity contribution is 6.32. The number of aliphatic carboxylic acids is 1. The molecule has 0 unspecified atom stereocenters. The van der Waals surface area contributed by atoms with E-state index in [0.717, 1.165) is 33.3 Å². The summed E-state index contributed by atoms with van der Waals surface area (Å²) >= 11 is 6.41. The third kappa shape index (κ3) is 6.18. The molecule has 1 aromatic heterocycles. The van der Waals surface area contributed by atoms with Gasteiger partial charge in [0.2, 0.25) is 0 Å². The normalized spacial score (nSPS) is 13.2. The molecule has 4 rings (SSSR count). The third-order valence-corrected chi connectivity index (χ3v) is 7.83. The predicted octanol–water partition coefficient (Wildman–Crippen LogP) is 7.37. The third-order valence-electron chi connectivity index (χ3n) is 7.54. The van der Waals surface area contributed by atoms with Crippen LogP contribution in [0.25, 0.3) is 10.9 Å². The van der Waals surface area contributed by atoms with Crippen molar-refractivity contribution in [2.45, 2.75) is 65.5 Å². The standard InChI is InChI=1S/C33H37ClN2O4/c1-19(23-9-12-25(13-10-23)33(4,5)6)35-31(37)24-11-14-26-27(20(2)36(7)29(26)18-24)16-22-8-15-30(28(34)17-22)40-21(3)32(38)39/h8-15,17-19,21H,16H2,1-7H3,(H,35,37)(H,38,39)/t19-,21+/m0/s1. The van der Waals surface area contributed by atoms with Crippen molar-refractivity contribution in [2.75, 3.05) is 0 Å². The second-order valence-corrected chi connectivity index (χ2v) is 11.9. The molecule has 2 N–H and O–H groups in total. The lowest BCUT2D eigenvalue weighted by molar-refractivity contribution is -0.144. The number of fused-ring (bicyclic) bond motifs is 1. The van der Waals surface area contributed by atoms with E-state index >= 15 is 0 Å². The van der Waals surface area contributed by atoms with Gasteiger partial charge < -0.3 is 19.7 Å². The number of aromatic nitrogens is 1. The first-order valence-corrected chi connectivity index (χ1v) is 13.8. The van der Waals surface area contributed by atoms with E-state index in [4.69, 9.17) is 21.4 Å². The van der Waals surface area contributed by atoms with Gasteiger partial charge in [0.25, 0.3) is 5.91 Å². The van der Waals surface area contributed by atoms with E-state index in [2.05, 4.69) is 61.8 Å². The molecule has 210 valence electrons. The van der Waals surface area contributed by atoms with Crippen molar-refractivity contribution in [1.29, 1.82) is 0 Å². The summed E-state index contributed by atoms with van der Waals surface area (Å²) in [5.74, 6) is -0.832. The number of nitrogens with zero attached hydrogens (tertiary/aromatic N) is 1. The molecule has 1 heterocycles. The van der Waals surface area contributed by atoms with Gasteiger partial charge in [-0.25, -0.2) is 4.79 Å². The summed E-state index contributed by atoms with van der Waals surface area (Å²) in [6, 6.07) is 19.5. The van der Waals surface area contributed by atoms with E-state index in [1.165, 1.54) is 12.5 Å². The number of benzene rings is 3. The van der Waals surface area contributed by atoms with Crippen LogP contribution in [-0.4, -0.2) is 27.7 Å². The number of carbonyl (C=O) groups excluding carboxylic acids is 1. The van der Waals surface area contributed by atoms with Crippen LogP contribution in [0.1, 0.15) is 79.0 Å². The van der Waals surface area contributed by atoms with Gasteiger partial charge in [-0.05, 0) is 79.1 Å². The second-order valence-electron chi connectivity index (χ2n) is 11.5. The van der Waals surface area contributed by atoms with Gasteiger partial charge in [-0.2, -0.15) is 0 Å². The maximum absolute atomic E-state index is 13.2. The van der Waals surface area contributed by atoms with Crippen molar-refractivity contribution in [3.8, 4) is 5.75 Å². The SMILES string of the molecule is Cc1c(Cc2ccc(O[C@H](C)C(=O)O)c(Cl)c2)c2ccc(C(=O)N[C@@H](C)c3ccc(C(C)(C)C)cc3)cc2n1C. The Bertz CT molecular complexity index is 1560. The number of hydrogen-bond acceptors (Lipinski definition) is 3. The highest BCUT2D eigenvalue weighted by atomic mass is 35.5. The van der Waals surface area contributed by atoms with E-state index in [9.17, 15) is 9.59 Å². The van der Waals surface area contributed by atoms with Crippen molar-refractivity contribution in [2.24, 2.45) is 7.05 Å². The van der Waals surface area contributed by atoms with E-state index in [0.29, 0.717) is 22.8 Å². The summed E-state index contributed by atoms with van der Waals surface area (Å²) < 4.78 is 7.55. The average molecular weight is 561 g/mol. The van der Waals surface area contributed by atoms with Crippen LogP contribution < -0.4 is 10.1 Å². The molecule has 2 atom stereocenters. The first-order valence-electron chi connectivity index (χ1n) is 13.4. The largest absolute Gasteiger partial charge is 0.479 e. The number of amides is 1. The van der Waals surface area contributed by atoms with E-state index in [1.807, 2.05) is 38.2 Å². The fourth-order valence-corrected chi connectivity index (χ4v) is 5.08. The molecule has 40 heavy (non-hydrogen) atoms. The van der Waals surface area contributed by atoms with Gasteiger partial charge in [0.05, 0.1) is 11.1 Å². The second kappa shape index (κ2) is 11.4. The monoisotopic (exact) mass is 560 g/mol. The van der Waals surface area contributed by atoms with E-state index in [-0.39, 0.29) is 17.4 Å². The molecule has 0 aliphatic rings. The van der Waals surface area contributed by atoms with E-state index in [1.54, 1.807) is 12.1 Å². The zero-order valence-corrected chi connectivity index (χ0v) is 24.9. The fourth-order valence-electron chi connectivity index (χ4n) is 4.84. The van der Waals surface area contributed by atoms with Crippen LogP contribution in [0.5, 0.6) is 5.75 Å². The number of carbonyl (C=O) groups is 2. The molecule has 0 fully saturated rings. The lowest BCUT2D eigenvalue weighted by atomic mass is 9.86. The van der Waals surface area contributed by atoms with Gasteiger partial charge >= 0.3 is 5.97 Å². The van der Waals surface area contributed by atoms with Gasteiger partial charge in [-0.1, -0.05) is 68.8 Å². The van der Waals surface area contributed by atoms with Gasteiger partial charge in [0.1, 0.15) is 5.75 Å². The minimum absolute atomic E-state index is 0.0806. The van der Waals surface area contributed by atoms with Crippen LogP contribution in [0, 0.1) is 6.92 Å². The maximum Gasteiger partial charge on any atom is 0.344 e. The number of rotatable bonds is 8. The molecule has 0 aliphatic carbocycles. The Morgan fingerprint density at radius 1 is 1.02 bits per heavy atom. The molecule has 7 heteroatoms. The lowest BCUT2D eigenvalue weighted by Crippen LogP contribution is -2.26. The molecule has 3 aromatic carbocycles. The molecule has 0 saturated heterocycles. The molecule has 0 bridgehead atoms. The summed E-state index contributed by atoms with van der Waals surface area (Å²) in [6.45, 7) is 12.1. The highest BCUT2D eigenvalue weighted by Gasteiger charge is 2.19. The van der Waals surface area contributed by atoms with Crippen molar-refractivity contribution < 1.29 is 19.4 Å². The van der Waals surface area contributed by atoms with Crippen LogP contribution in [0.3, 0.4) is 0 Å². The molecule has 0 radical (unpaired) electrons. The van der Waals surface area contributed by atoms with E-state index < -0.39 is 12.1 Å². The Balaban J connectivity index is 1.53. The molecule has 6 nitrogen and oxygen atoms in total. The van der Waals surface area contributed by atoms with Gasteiger partial charge in [-0.3, -0.25) is 4.79 Å². The summed E-state index contributed by atoms with van der Waals surface area (Å²) in [5, 5.41) is 13.7. The molecule has 0 saturated carbocycles. The fraction of sp³-hybridized carbons (Fsp3) is 0.333. The quantitative estimate of drug-likeness (QED) is 0.236. The van der Waals surface area contributed by atoms with Crippen LogP contribution in [0.15, 0.2) is 60.7 Å². The minimum Gasteiger partial charge on any atom is -0.479 e.